The summed E-state index contributed by atoms with van der Waals surface area (Å²) in [4.78, 5) is 20.4. The lowest BCUT2D eigenvalue weighted by Gasteiger charge is -2.18. The summed E-state index contributed by atoms with van der Waals surface area (Å²) in [5, 5.41) is 2.59. The molecule has 0 saturated carbocycles. The SMILES string of the molecule is Cc1cc(C)nc(NC(=O)C(C)n2c(C(F)(F)F)nc3ccccc32)c1. The van der Waals surface area contributed by atoms with Crippen molar-refractivity contribution in [2.75, 3.05) is 5.32 Å². The summed E-state index contributed by atoms with van der Waals surface area (Å²) in [6, 6.07) is 8.58. The molecule has 0 fully saturated rings. The summed E-state index contributed by atoms with van der Waals surface area (Å²) in [6.45, 7) is 5.03. The molecule has 26 heavy (non-hydrogen) atoms. The molecule has 3 aromatic rings. The van der Waals surface area contributed by atoms with E-state index in [1.54, 1.807) is 25.1 Å². The van der Waals surface area contributed by atoms with Crippen molar-refractivity contribution in [3.63, 3.8) is 0 Å². The highest BCUT2D eigenvalue weighted by atomic mass is 19.4. The molecule has 2 heterocycles. The van der Waals surface area contributed by atoms with Crippen molar-refractivity contribution in [2.45, 2.75) is 33.0 Å². The number of halogens is 3. The van der Waals surface area contributed by atoms with Crippen LogP contribution in [-0.4, -0.2) is 20.4 Å². The van der Waals surface area contributed by atoms with E-state index in [0.717, 1.165) is 10.1 Å². The van der Waals surface area contributed by atoms with Gasteiger partial charge in [-0.1, -0.05) is 12.1 Å². The summed E-state index contributed by atoms with van der Waals surface area (Å²) in [6.07, 6.45) is -4.67. The first-order valence-electron chi connectivity index (χ1n) is 7.97. The molecule has 2 aromatic heterocycles. The number of alkyl halides is 3. The first-order chi connectivity index (χ1) is 12.2. The predicted octanol–water partition coefficient (Wildman–Crippen LogP) is 4.27. The lowest BCUT2D eigenvalue weighted by molar-refractivity contribution is -0.148. The molecule has 1 N–H and O–H groups in total. The number of carbonyl (C=O) groups is 1. The van der Waals surface area contributed by atoms with Crippen molar-refractivity contribution in [1.82, 2.24) is 14.5 Å². The average molecular weight is 362 g/mol. The minimum absolute atomic E-state index is 0.184. The normalized spacial score (nSPS) is 13.0. The molecule has 0 spiro atoms. The third kappa shape index (κ3) is 3.40. The molecule has 1 atom stereocenters. The molecule has 3 rings (SSSR count). The van der Waals surface area contributed by atoms with Crippen LogP contribution in [0.3, 0.4) is 0 Å². The molecule has 0 bridgehead atoms. The largest absolute Gasteiger partial charge is 0.449 e. The smallest absolute Gasteiger partial charge is 0.309 e. The van der Waals surface area contributed by atoms with Crippen LogP contribution in [0.15, 0.2) is 36.4 Å². The van der Waals surface area contributed by atoms with Gasteiger partial charge >= 0.3 is 6.18 Å². The fourth-order valence-corrected chi connectivity index (χ4v) is 2.89. The summed E-state index contributed by atoms with van der Waals surface area (Å²) < 4.78 is 41.2. The van der Waals surface area contributed by atoms with Crippen molar-refractivity contribution < 1.29 is 18.0 Å². The van der Waals surface area contributed by atoms with Crippen LogP contribution in [0.4, 0.5) is 19.0 Å². The zero-order valence-electron chi connectivity index (χ0n) is 14.4. The van der Waals surface area contributed by atoms with Crippen LogP contribution in [0.1, 0.15) is 30.0 Å². The molecule has 0 aliphatic carbocycles. The number of fused-ring (bicyclic) bond motifs is 1. The number of aryl methyl sites for hydroxylation is 2. The Hall–Kier alpha value is -2.90. The van der Waals surface area contributed by atoms with Crippen LogP contribution in [0, 0.1) is 13.8 Å². The molecule has 8 heteroatoms. The van der Waals surface area contributed by atoms with E-state index in [1.165, 1.54) is 19.1 Å². The van der Waals surface area contributed by atoms with E-state index in [-0.39, 0.29) is 11.0 Å². The Kier molecular flexibility index (Phi) is 4.43. The van der Waals surface area contributed by atoms with Crippen LogP contribution < -0.4 is 5.32 Å². The summed E-state index contributed by atoms with van der Waals surface area (Å²) in [7, 11) is 0. The molecular formula is C18H17F3N4O. The minimum atomic E-state index is -4.67. The number of carbonyl (C=O) groups excluding carboxylic acids is 1. The first-order valence-corrected chi connectivity index (χ1v) is 7.97. The minimum Gasteiger partial charge on any atom is -0.309 e. The Labute approximate surface area is 147 Å². The molecule has 0 saturated heterocycles. The second-order valence-corrected chi connectivity index (χ2v) is 6.13. The van der Waals surface area contributed by atoms with E-state index >= 15 is 0 Å². The molecule has 1 unspecified atom stereocenters. The number of hydrogen-bond acceptors (Lipinski definition) is 3. The lowest BCUT2D eigenvalue weighted by Crippen LogP contribution is -2.27. The van der Waals surface area contributed by atoms with E-state index < -0.39 is 23.9 Å². The van der Waals surface area contributed by atoms with Gasteiger partial charge in [0.1, 0.15) is 11.9 Å². The van der Waals surface area contributed by atoms with Gasteiger partial charge in [-0.3, -0.25) is 4.79 Å². The van der Waals surface area contributed by atoms with Gasteiger partial charge < -0.3 is 9.88 Å². The maximum absolute atomic E-state index is 13.4. The quantitative estimate of drug-likeness (QED) is 0.757. The third-order valence-electron chi connectivity index (χ3n) is 3.97. The number of anilines is 1. The van der Waals surface area contributed by atoms with E-state index in [0.29, 0.717) is 11.5 Å². The van der Waals surface area contributed by atoms with Gasteiger partial charge in [0, 0.05) is 5.69 Å². The van der Waals surface area contributed by atoms with Crippen molar-refractivity contribution in [3.05, 3.63) is 53.5 Å². The van der Waals surface area contributed by atoms with Crippen LogP contribution in [0.5, 0.6) is 0 Å². The van der Waals surface area contributed by atoms with Crippen molar-refractivity contribution in [2.24, 2.45) is 0 Å². The molecular weight excluding hydrogens is 345 g/mol. The molecule has 5 nitrogen and oxygen atoms in total. The van der Waals surface area contributed by atoms with Crippen molar-refractivity contribution in [3.8, 4) is 0 Å². The van der Waals surface area contributed by atoms with Gasteiger partial charge in [0.2, 0.25) is 11.7 Å². The van der Waals surface area contributed by atoms with Gasteiger partial charge in [-0.25, -0.2) is 9.97 Å². The zero-order chi connectivity index (χ0) is 19.1. The standard InChI is InChI=1S/C18H17F3N4O/c1-10-8-11(2)22-15(9-10)24-16(26)12(3)25-14-7-5-4-6-13(14)23-17(25)18(19,20)21/h4-9,12H,1-3H3,(H,22,24,26). The van der Waals surface area contributed by atoms with Gasteiger partial charge in [-0.2, -0.15) is 13.2 Å². The highest BCUT2D eigenvalue weighted by molar-refractivity contribution is 5.94. The third-order valence-corrected chi connectivity index (χ3v) is 3.97. The monoisotopic (exact) mass is 362 g/mol. The Morgan fingerprint density at radius 3 is 2.50 bits per heavy atom. The van der Waals surface area contributed by atoms with Crippen LogP contribution in [0.25, 0.3) is 11.0 Å². The number of nitrogens with zero attached hydrogens (tertiary/aromatic N) is 3. The number of hydrogen-bond donors (Lipinski definition) is 1. The van der Waals surface area contributed by atoms with Crippen LogP contribution >= 0.6 is 0 Å². The van der Waals surface area contributed by atoms with Crippen LogP contribution in [0.2, 0.25) is 0 Å². The Balaban J connectivity index is 2.01. The van der Waals surface area contributed by atoms with E-state index in [9.17, 15) is 18.0 Å². The molecule has 1 aromatic carbocycles. The number of benzene rings is 1. The second-order valence-electron chi connectivity index (χ2n) is 6.13. The summed E-state index contributed by atoms with van der Waals surface area (Å²) in [5.41, 5.74) is 2.03. The maximum atomic E-state index is 13.4. The highest BCUT2D eigenvalue weighted by Crippen LogP contribution is 2.34. The van der Waals surface area contributed by atoms with Crippen LogP contribution in [-0.2, 0) is 11.0 Å². The average Bonchev–Trinajstić information content (AvgIpc) is 2.92. The number of amides is 1. The lowest BCUT2D eigenvalue weighted by atomic mass is 10.2. The zero-order valence-corrected chi connectivity index (χ0v) is 14.4. The molecule has 1 amide bonds. The van der Waals surface area contributed by atoms with Crippen molar-refractivity contribution in [1.29, 1.82) is 0 Å². The fourth-order valence-electron chi connectivity index (χ4n) is 2.89. The number of imidazole rings is 1. The van der Waals surface area contributed by atoms with Gasteiger partial charge in [-0.15, -0.1) is 0 Å². The fraction of sp³-hybridized carbons (Fsp3) is 0.278. The maximum Gasteiger partial charge on any atom is 0.449 e. The number of rotatable bonds is 3. The van der Waals surface area contributed by atoms with Gasteiger partial charge in [-0.05, 0) is 50.6 Å². The molecule has 0 aliphatic rings. The topological polar surface area (TPSA) is 59.8 Å². The van der Waals surface area contributed by atoms with E-state index in [4.69, 9.17) is 0 Å². The number of nitrogens with one attached hydrogen (secondary N) is 1. The van der Waals surface area contributed by atoms with E-state index in [1.807, 2.05) is 13.0 Å². The summed E-state index contributed by atoms with van der Waals surface area (Å²) in [5.74, 6) is -1.40. The molecule has 0 aliphatic heterocycles. The molecule has 0 radical (unpaired) electrons. The second kappa shape index (κ2) is 6.44. The van der Waals surface area contributed by atoms with Gasteiger partial charge in [0.15, 0.2) is 0 Å². The predicted molar refractivity (Wildman–Crippen MR) is 91.8 cm³/mol. The Bertz CT molecular complexity index is 958. The number of aromatic nitrogens is 3. The number of para-hydroxylation sites is 2. The highest BCUT2D eigenvalue weighted by Gasteiger charge is 2.39. The Morgan fingerprint density at radius 2 is 1.85 bits per heavy atom. The summed E-state index contributed by atoms with van der Waals surface area (Å²) >= 11 is 0. The van der Waals surface area contributed by atoms with Gasteiger partial charge in [0.05, 0.1) is 11.0 Å². The number of pyridine rings is 1. The first kappa shape index (κ1) is 17.9. The van der Waals surface area contributed by atoms with Crippen molar-refractivity contribution >= 4 is 22.8 Å². The van der Waals surface area contributed by atoms with Gasteiger partial charge in [0.25, 0.3) is 0 Å². The molecule has 136 valence electrons. The van der Waals surface area contributed by atoms with E-state index in [2.05, 4.69) is 15.3 Å². The Morgan fingerprint density at radius 1 is 1.15 bits per heavy atom.